The number of benzene rings is 2. The van der Waals surface area contributed by atoms with Crippen molar-refractivity contribution in [2.75, 3.05) is 0 Å². The van der Waals surface area contributed by atoms with Crippen LogP contribution in [0.25, 0.3) is 0 Å². The Balaban J connectivity index is 1.71. The van der Waals surface area contributed by atoms with Gasteiger partial charge in [0.25, 0.3) is 0 Å². The molecule has 2 aromatic carbocycles. The molecular weight excluding hydrogens is 318 g/mol. The normalized spacial score (nSPS) is 10.2. The highest BCUT2D eigenvalue weighted by Crippen LogP contribution is 2.24. The molecule has 0 bridgehead atoms. The number of para-hydroxylation sites is 1. The molecule has 0 aliphatic heterocycles. The average Bonchev–Trinajstić information content (AvgIpc) is 2.62. The summed E-state index contributed by atoms with van der Waals surface area (Å²) < 4.78 is 11.5. The van der Waals surface area contributed by atoms with E-state index in [0.717, 1.165) is 11.3 Å². The van der Waals surface area contributed by atoms with Crippen molar-refractivity contribution in [1.29, 1.82) is 0 Å². The molecule has 1 N–H and O–H groups in total. The number of hydrogen-bond donors (Lipinski definition) is 1. The van der Waals surface area contributed by atoms with Gasteiger partial charge < -0.3 is 14.6 Å². The molecule has 0 fully saturated rings. The second-order valence-electron chi connectivity index (χ2n) is 5.39. The van der Waals surface area contributed by atoms with E-state index in [0.29, 0.717) is 23.8 Å². The second-order valence-corrected chi connectivity index (χ2v) is 5.39. The van der Waals surface area contributed by atoms with Gasteiger partial charge in [-0.3, -0.25) is 4.79 Å². The number of nitrogens with zero attached hydrogens (tertiary/aromatic N) is 1. The largest absolute Gasteiger partial charge is 0.489 e. The van der Waals surface area contributed by atoms with E-state index in [9.17, 15) is 4.79 Å². The number of rotatable bonds is 7. The summed E-state index contributed by atoms with van der Waals surface area (Å²) in [5, 5.41) is 8.98. The van der Waals surface area contributed by atoms with Crippen molar-refractivity contribution in [3.63, 3.8) is 0 Å². The topological polar surface area (TPSA) is 68.7 Å². The van der Waals surface area contributed by atoms with Crippen LogP contribution in [0.3, 0.4) is 0 Å². The number of carboxylic acids is 1. The first-order valence-corrected chi connectivity index (χ1v) is 7.81. The number of carbonyl (C=O) groups is 1. The van der Waals surface area contributed by atoms with Gasteiger partial charge in [-0.05, 0) is 35.9 Å². The van der Waals surface area contributed by atoms with Gasteiger partial charge in [0.1, 0.15) is 18.1 Å². The summed E-state index contributed by atoms with van der Waals surface area (Å²) in [5.74, 6) is 0.746. The number of pyridine rings is 1. The Bertz CT molecular complexity index is 849. The van der Waals surface area contributed by atoms with Gasteiger partial charge in [0.15, 0.2) is 0 Å². The molecule has 1 heterocycles. The van der Waals surface area contributed by atoms with Crippen LogP contribution in [0.1, 0.15) is 11.1 Å². The Hall–Kier alpha value is -3.34. The monoisotopic (exact) mass is 335 g/mol. The lowest BCUT2D eigenvalue weighted by Crippen LogP contribution is -2.03. The molecule has 0 atom stereocenters. The number of carboxylic acid groups (broad SMARTS) is 1. The molecule has 0 unspecified atom stereocenters. The summed E-state index contributed by atoms with van der Waals surface area (Å²) in [5.41, 5.74) is 1.47. The summed E-state index contributed by atoms with van der Waals surface area (Å²) >= 11 is 0. The first-order chi connectivity index (χ1) is 12.2. The van der Waals surface area contributed by atoms with Crippen LogP contribution in [-0.2, 0) is 17.8 Å². The summed E-state index contributed by atoms with van der Waals surface area (Å²) in [7, 11) is 0. The van der Waals surface area contributed by atoms with Gasteiger partial charge >= 0.3 is 5.97 Å². The number of aromatic nitrogens is 1. The van der Waals surface area contributed by atoms with Crippen LogP contribution in [0.2, 0.25) is 0 Å². The van der Waals surface area contributed by atoms with Crippen LogP contribution in [0.5, 0.6) is 17.4 Å². The number of ether oxygens (including phenoxy) is 2. The first kappa shape index (κ1) is 16.5. The van der Waals surface area contributed by atoms with Crippen LogP contribution in [0, 0.1) is 0 Å². The second kappa shape index (κ2) is 7.97. The van der Waals surface area contributed by atoms with E-state index in [1.54, 1.807) is 24.4 Å². The minimum absolute atomic E-state index is 0.139. The number of aliphatic carboxylic acids is 1. The van der Waals surface area contributed by atoms with Crippen molar-refractivity contribution in [3.8, 4) is 17.4 Å². The molecule has 3 aromatic rings. The zero-order valence-corrected chi connectivity index (χ0v) is 13.5. The molecule has 0 spiro atoms. The minimum Gasteiger partial charge on any atom is -0.489 e. The molecule has 0 saturated heterocycles. The molecule has 0 amide bonds. The van der Waals surface area contributed by atoms with E-state index in [2.05, 4.69) is 4.98 Å². The fourth-order valence-corrected chi connectivity index (χ4v) is 2.31. The van der Waals surface area contributed by atoms with Gasteiger partial charge in [0, 0.05) is 11.8 Å². The van der Waals surface area contributed by atoms with Gasteiger partial charge in [-0.1, -0.05) is 36.4 Å². The Labute approximate surface area is 145 Å². The predicted molar refractivity (Wildman–Crippen MR) is 92.9 cm³/mol. The minimum atomic E-state index is -0.928. The van der Waals surface area contributed by atoms with E-state index in [1.165, 1.54) is 0 Å². The van der Waals surface area contributed by atoms with Crippen LogP contribution >= 0.6 is 0 Å². The van der Waals surface area contributed by atoms with E-state index < -0.39 is 5.97 Å². The zero-order valence-electron chi connectivity index (χ0n) is 13.5. The lowest BCUT2D eigenvalue weighted by atomic mass is 10.2. The van der Waals surface area contributed by atoms with Crippen LogP contribution in [0.4, 0.5) is 0 Å². The Morgan fingerprint density at radius 3 is 2.56 bits per heavy atom. The Kier molecular flexibility index (Phi) is 5.26. The highest BCUT2D eigenvalue weighted by atomic mass is 16.5. The van der Waals surface area contributed by atoms with Crippen molar-refractivity contribution in [2.24, 2.45) is 0 Å². The lowest BCUT2D eigenvalue weighted by molar-refractivity contribution is -0.136. The molecule has 0 saturated carbocycles. The summed E-state index contributed by atoms with van der Waals surface area (Å²) in [6, 6.07) is 20.4. The van der Waals surface area contributed by atoms with Crippen LogP contribution < -0.4 is 9.47 Å². The summed E-state index contributed by atoms with van der Waals surface area (Å²) in [6.07, 6.45) is 1.43. The smallest absolute Gasteiger partial charge is 0.308 e. The van der Waals surface area contributed by atoms with Crippen molar-refractivity contribution in [3.05, 3.63) is 84.1 Å². The molecular formula is C20H17NO4. The Morgan fingerprint density at radius 2 is 1.76 bits per heavy atom. The Morgan fingerprint density at radius 1 is 0.960 bits per heavy atom. The van der Waals surface area contributed by atoms with Crippen molar-refractivity contribution in [2.45, 2.75) is 13.0 Å². The molecule has 126 valence electrons. The van der Waals surface area contributed by atoms with Crippen molar-refractivity contribution < 1.29 is 19.4 Å². The van der Waals surface area contributed by atoms with E-state index in [-0.39, 0.29) is 6.42 Å². The van der Waals surface area contributed by atoms with E-state index >= 15 is 0 Å². The SMILES string of the molecule is O=C(O)Cc1cccnc1Oc1cccc(COc2ccccc2)c1. The fourth-order valence-electron chi connectivity index (χ4n) is 2.31. The van der Waals surface area contributed by atoms with Crippen molar-refractivity contribution >= 4 is 5.97 Å². The molecule has 5 nitrogen and oxygen atoms in total. The van der Waals surface area contributed by atoms with E-state index in [1.807, 2.05) is 48.5 Å². The maximum Gasteiger partial charge on any atom is 0.308 e. The van der Waals surface area contributed by atoms with Crippen molar-refractivity contribution in [1.82, 2.24) is 4.98 Å². The lowest BCUT2D eigenvalue weighted by Gasteiger charge is -2.10. The molecule has 0 radical (unpaired) electrons. The third-order valence-electron chi connectivity index (χ3n) is 3.45. The van der Waals surface area contributed by atoms with Gasteiger partial charge in [-0.15, -0.1) is 0 Å². The maximum absolute atomic E-state index is 10.9. The predicted octanol–water partition coefficient (Wildman–Crippen LogP) is 4.08. The summed E-state index contributed by atoms with van der Waals surface area (Å²) in [4.78, 5) is 15.1. The standard InChI is InChI=1S/C20H17NO4/c22-19(23)13-16-7-5-11-21-20(16)25-18-10-4-6-15(12-18)14-24-17-8-2-1-3-9-17/h1-12H,13-14H2,(H,22,23). The molecule has 1 aromatic heterocycles. The third kappa shape index (κ3) is 4.81. The average molecular weight is 335 g/mol. The molecule has 5 heteroatoms. The van der Waals surface area contributed by atoms with Gasteiger partial charge in [-0.25, -0.2) is 4.98 Å². The van der Waals surface area contributed by atoms with E-state index in [4.69, 9.17) is 14.6 Å². The van der Waals surface area contributed by atoms with Crippen LogP contribution in [-0.4, -0.2) is 16.1 Å². The number of hydrogen-bond acceptors (Lipinski definition) is 4. The van der Waals surface area contributed by atoms with Gasteiger partial charge in [0.05, 0.1) is 6.42 Å². The summed E-state index contributed by atoms with van der Waals surface area (Å²) in [6.45, 7) is 0.408. The quantitative estimate of drug-likeness (QED) is 0.704. The maximum atomic E-state index is 10.9. The zero-order chi connectivity index (χ0) is 17.5. The third-order valence-corrected chi connectivity index (χ3v) is 3.45. The highest BCUT2D eigenvalue weighted by molar-refractivity contribution is 5.71. The molecule has 0 aliphatic rings. The molecule has 25 heavy (non-hydrogen) atoms. The molecule has 3 rings (SSSR count). The van der Waals surface area contributed by atoms with Gasteiger partial charge in [0.2, 0.25) is 5.88 Å². The van der Waals surface area contributed by atoms with Crippen LogP contribution in [0.15, 0.2) is 72.9 Å². The fraction of sp³-hybridized carbons (Fsp3) is 0.100. The van der Waals surface area contributed by atoms with Gasteiger partial charge in [-0.2, -0.15) is 0 Å². The molecule has 0 aliphatic carbocycles. The highest BCUT2D eigenvalue weighted by Gasteiger charge is 2.10. The first-order valence-electron chi connectivity index (χ1n) is 7.81.